The van der Waals surface area contributed by atoms with Crippen LogP contribution >= 0.6 is 22.6 Å². The fraction of sp³-hybridized carbons (Fsp3) is 0.125. The minimum Gasteiger partial charge on any atom is -0.478 e. The first kappa shape index (κ1) is 11.5. The van der Waals surface area contributed by atoms with Crippen molar-refractivity contribution in [2.75, 3.05) is 4.43 Å². The van der Waals surface area contributed by atoms with Crippen LogP contribution < -0.4 is 0 Å². The summed E-state index contributed by atoms with van der Waals surface area (Å²) in [5.74, 6) is -0.895. The van der Waals surface area contributed by atoms with Crippen LogP contribution in [0.2, 0.25) is 0 Å². The van der Waals surface area contributed by atoms with Crippen LogP contribution in [0.1, 0.15) is 0 Å². The Kier molecular flexibility index (Phi) is 5.79. The Morgan fingerprint density at radius 3 is 2.58 bits per heavy atom. The van der Waals surface area contributed by atoms with E-state index in [1.165, 1.54) is 0 Å². The molecule has 4 heteroatoms. The monoisotopic (exact) mass is 276 g/mol. The predicted molar refractivity (Wildman–Crippen MR) is 61.4 cm³/mol. The summed E-state index contributed by atoms with van der Waals surface area (Å²) in [5.41, 5.74) is 1.18. The van der Waals surface area contributed by atoms with E-state index >= 15 is 0 Å². The zero-order chi connectivity index (χ0) is 9.56. The highest BCUT2D eigenvalue weighted by Crippen LogP contribution is 2.02. The van der Waals surface area contributed by atoms with E-state index in [1.54, 1.807) is 18.2 Å². The van der Waals surface area contributed by atoms with E-state index in [1.807, 2.05) is 7.85 Å². The highest BCUT2D eigenvalue weighted by molar-refractivity contribution is 14.1. The fourth-order valence-corrected chi connectivity index (χ4v) is 1.07. The highest BCUT2D eigenvalue weighted by atomic mass is 127. The molecule has 0 aromatic rings. The zero-order valence-electron chi connectivity index (χ0n) is 6.88. The van der Waals surface area contributed by atoms with Crippen molar-refractivity contribution in [2.24, 2.45) is 0 Å². The van der Waals surface area contributed by atoms with Crippen molar-refractivity contribution in [3.63, 3.8) is 0 Å². The van der Waals surface area contributed by atoms with Crippen molar-refractivity contribution in [3.8, 4) is 0 Å². The molecule has 0 aromatic heterocycles. The van der Waals surface area contributed by atoms with Gasteiger partial charge in [-0.15, -0.1) is 0 Å². The summed E-state index contributed by atoms with van der Waals surface area (Å²) in [6, 6.07) is 0. The lowest BCUT2D eigenvalue weighted by Crippen LogP contribution is -1.98. The third kappa shape index (κ3) is 4.38. The maximum atomic E-state index is 10.6. The molecular formula is C8H10BIO2. The summed E-state index contributed by atoms with van der Waals surface area (Å²) in [7, 11) is 1.82. The summed E-state index contributed by atoms with van der Waals surface area (Å²) in [6.07, 6.45) is 4.90. The predicted octanol–water partition coefficient (Wildman–Crippen LogP) is 1.14. The largest absolute Gasteiger partial charge is 0.478 e. The Morgan fingerprint density at radius 2 is 2.25 bits per heavy atom. The van der Waals surface area contributed by atoms with E-state index in [0.717, 1.165) is 5.47 Å². The van der Waals surface area contributed by atoms with Crippen molar-refractivity contribution >= 4 is 36.4 Å². The molecule has 0 aliphatic heterocycles. The SMILES string of the molecule is B/C(C=C)=C/C(=C\CI)C(=O)O. The van der Waals surface area contributed by atoms with Crippen LogP contribution in [0.15, 0.2) is 35.9 Å². The van der Waals surface area contributed by atoms with Gasteiger partial charge >= 0.3 is 5.97 Å². The molecule has 0 atom stereocenters. The van der Waals surface area contributed by atoms with Gasteiger partial charge in [-0.05, 0) is 0 Å². The standard InChI is InChI=1S/C8H10BIO2/c1-2-7(9)5-6(3-4-10)8(11)12/h2-3,5H,1,4,9H2,(H,11,12)/b6-3+,7-5+. The lowest BCUT2D eigenvalue weighted by Gasteiger charge is -1.95. The summed E-state index contributed by atoms with van der Waals surface area (Å²) in [6.45, 7) is 3.54. The Bertz CT molecular complexity index is 243. The van der Waals surface area contributed by atoms with Crippen LogP contribution in [-0.4, -0.2) is 23.3 Å². The maximum absolute atomic E-state index is 10.6. The van der Waals surface area contributed by atoms with Gasteiger partial charge in [0, 0.05) is 4.43 Å². The number of alkyl halides is 1. The Balaban J connectivity index is 4.66. The molecule has 0 rings (SSSR count). The Labute approximate surface area is 86.6 Å². The molecule has 0 amide bonds. The van der Waals surface area contributed by atoms with Crippen LogP contribution in [0.25, 0.3) is 0 Å². The molecule has 0 heterocycles. The molecule has 0 aliphatic rings. The normalized spacial score (nSPS) is 12.8. The van der Waals surface area contributed by atoms with Gasteiger partial charge in [0.15, 0.2) is 0 Å². The van der Waals surface area contributed by atoms with Gasteiger partial charge in [-0.2, -0.15) is 0 Å². The van der Waals surface area contributed by atoms with Crippen molar-refractivity contribution in [3.05, 3.63) is 35.9 Å². The highest BCUT2D eigenvalue weighted by Gasteiger charge is 2.01. The summed E-state index contributed by atoms with van der Waals surface area (Å²) in [4.78, 5) is 10.6. The molecule has 0 aromatic carbocycles. The third-order valence-electron chi connectivity index (χ3n) is 1.25. The van der Waals surface area contributed by atoms with Crippen LogP contribution in [0.3, 0.4) is 0 Å². The van der Waals surface area contributed by atoms with Gasteiger partial charge in [-0.1, -0.05) is 52.9 Å². The number of aliphatic carboxylic acids is 1. The van der Waals surface area contributed by atoms with Gasteiger partial charge in [0.1, 0.15) is 7.85 Å². The Morgan fingerprint density at radius 1 is 1.67 bits per heavy atom. The van der Waals surface area contributed by atoms with E-state index in [-0.39, 0.29) is 0 Å². The smallest absolute Gasteiger partial charge is 0.335 e. The number of carboxylic acid groups (broad SMARTS) is 1. The van der Waals surface area contributed by atoms with E-state index < -0.39 is 5.97 Å². The number of hydrogen-bond acceptors (Lipinski definition) is 1. The molecule has 0 saturated carbocycles. The molecule has 1 N–H and O–H groups in total. The van der Waals surface area contributed by atoms with Gasteiger partial charge in [-0.25, -0.2) is 4.79 Å². The number of halogens is 1. The van der Waals surface area contributed by atoms with Gasteiger partial charge in [-0.3, -0.25) is 0 Å². The van der Waals surface area contributed by atoms with E-state index in [0.29, 0.717) is 10.0 Å². The quantitative estimate of drug-likeness (QED) is 0.275. The van der Waals surface area contributed by atoms with Crippen molar-refractivity contribution in [2.45, 2.75) is 0 Å². The number of hydrogen-bond donors (Lipinski definition) is 1. The minimum atomic E-state index is -0.895. The molecule has 0 unspecified atom stereocenters. The number of carboxylic acids is 1. The van der Waals surface area contributed by atoms with E-state index in [4.69, 9.17) is 5.11 Å². The summed E-state index contributed by atoms with van der Waals surface area (Å²) < 4.78 is 0.695. The molecule has 0 radical (unpaired) electrons. The first-order chi connectivity index (χ1) is 5.61. The first-order valence-corrected chi connectivity index (χ1v) is 4.94. The molecule has 12 heavy (non-hydrogen) atoms. The van der Waals surface area contributed by atoms with Crippen LogP contribution in [0, 0.1) is 0 Å². The molecule has 0 saturated heterocycles. The van der Waals surface area contributed by atoms with Crippen LogP contribution in [0.5, 0.6) is 0 Å². The van der Waals surface area contributed by atoms with E-state index in [2.05, 4.69) is 29.2 Å². The second-order valence-electron chi connectivity index (χ2n) is 2.21. The van der Waals surface area contributed by atoms with Crippen LogP contribution in [0.4, 0.5) is 0 Å². The lowest BCUT2D eigenvalue weighted by molar-refractivity contribution is -0.132. The second kappa shape index (κ2) is 6.05. The minimum absolute atomic E-state index is 0.321. The second-order valence-corrected chi connectivity index (χ2v) is 3.09. The van der Waals surface area contributed by atoms with Crippen molar-refractivity contribution in [1.29, 1.82) is 0 Å². The van der Waals surface area contributed by atoms with Crippen LogP contribution in [-0.2, 0) is 4.79 Å². The van der Waals surface area contributed by atoms with E-state index in [9.17, 15) is 4.79 Å². The topological polar surface area (TPSA) is 37.3 Å². The number of carbonyl (C=O) groups is 1. The third-order valence-corrected chi connectivity index (χ3v) is 1.69. The number of rotatable bonds is 4. The lowest BCUT2D eigenvalue weighted by atomic mass is 9.93. The molecule has 0 bridgehead atoms. The average Bonchev–Trinajstić information content (AvgIpc) is 2.03. The summed E-state index contributed by atoms with van der Waals surface area (Å²) >= 11 is 2.10. The van der Waals surface area contributed by atoms with Gasteiger partial charge in [0.25, 0.3) is 0 Å². The zero-order valence-corrected chi connectivity index (χ0v) is 9.04. The molecule has 0 spiro atoms. The van der Waals surface area contributed by atoms with Gasteiger partial charge in [0.05, 0.1) is 5.57 Å². The molecule has 0 aliphatic carbocycles. The first-order valence-electron chi connectivity index (χ1n) is 3.42. The summed E-state index contributed by atoms with van der Waals surface area (Å²) in [5, 5.41) is 8.70. The fourth-order valence-electron chi connectivity index (χ4n) is 0.595. The molecule has 2 nitrogen and oxygen atoms in total. The molecule has 0 fully saturated rings. The van der Waals surface area contributed by atoms with Crippen molar-refractivity contribution in [1.82, 2.24) is 0 Å². The molecule has 64 valence electrons. The van der Waals surface area contributed by atoms with Gasteiger partial charge in [0.2, 0.25) is 0 Å². The maximum Gasteiger partial charge on any atom is 0.335 e. The van der Waals surface area contributed by atoms with Gasteiger partial charge < -0.3 is 5.11 Å². The Hall–Kier alpha value is -0.515. The molecular weight excluding hydrogens is 266 g/mol. The average molecular weight is 276 g/mol. The van der Waals surface area contributed by atoms with Crippen molar-refractivity contribution < 1.29 is 9.90 Å². The number of allylic oxidation sites excluding steroid dienone is 3.